The van der Waals surface area contributed by atoms with Gasteiger partial charge in [0, 0.05) is 5.56 Å². The molecule has 17 heavy (non-hydrogen) atoms. The molecule has 0 aliphatic carbocycles. The van der Waals surface area contributed by atoms with E-state index in [9.17, 15) is 0 Å². The lowest BCUT2D eigenvalue weighted by Crippen LogP contribution is -2.00. The summed E-state index contributed by atoms with van der Waals surface area (Å²) in [7, 11) is 1.51. The van der Waals surface area contributed by atoms with E-state index in [0.29, 0.717) is 0 Å². The van der Waals surface area contributed by atoms with E-state index in [2.05, 4.69) is 31.2 Å². The van der Waals surface area contributed by atoms with Crippen molar-refractivity contribution in [3.63, 3.8) is 0 Å². The molecule has 0 atom stereocenters. The van der Waals surface area contributed by atoms with Crippen molar-refractivity contribution in [2.24, 2.45) is 0 Å². The van der Waals surface area contributed by atoms with Gasteiger partial charge in [0.1, 0.15) is 0 Å². The Kier molecular flexibility index (Phi) is 3.24. The first-order valence-corrected chi connectivity index (χ1v) is 5.51. The summed E-state index contributed by atoms with van der Waals surface area (Å²) in [5, 5.41) is 7.57. The van der Waals surface area contributed by atoms with Gasteiger partial charge in [-0.2, -0.15) is 0 Å². The standard InChI is InChI=1S/C15H15NO/c1-11-4-3-5-14(10-11)12-6-8-13(9-7-12)15(16)17-2/h3-10,16H,1-2H3. The fourth-order valence-electron chi connectivity index (χ4n) is 1.76. The van der Waals surface area contributed by atoms with Crippen molar-refractivity contribution in [3.05, 3.63) is 59.7 Å². The van der Waals surface area contributed by atoms with E-state index >= 15 is 0 Å². The van der Waals surface area contributed by atoms with E-state index in [1.807, 2.05) is 24.3 Å². The predicted molar refractivity (Wildman–Crippen MR) is 70.5 cm³/mol. The van der Waals surface area contributed by atoms with Gasteiger partial charge in [-0.15, -0.1) is 0 Å². The fourth-order valence-corrected chi connectivity index (χ4v) is 1.76. The Morgan fingerprint density at radius 3 is 2.29 bits per heavy atom. The first-order valence-electron chi connectivity index (χ1n) is 5.51. The van der Waals surface area contributed by atoms with Crippen molar-refractivity contribution < 1.29 is 4.74 Å². The van der Waals surface area contributed by atoms with Gasteiger partial charge in [0.15, 0.2) is 0 Å². The van der Waals surface area contributed by atoms with Crippen LogP contribution in [0.5, 0.6) is 0 Å². The highest BCUT2D eigenvalue weighted by atomic mass is 16.5. The Morgan fingerprint density at radius 1 is 1.00 bits per heavy atom. The molecule has 86 valence electrons. The second-order valence-electron chi connectivity index (χ2n) is 3.98. The third-order valence-corrected chi connectivity index (χ3v) is 2.70. The number of rotatable bonds is 2. The number of hydrogen-bond acceptors (Lipinski definition) is 2. The van der Waals surface area contributed by atoms with E-state index in [4.69, 9.17) is 10.1 Å². The predicted octanol–water partition coefficient (Wildman–Crippen LogP) is 3.63. The second-order valence-corrected chi connectivity index (χ2v) is 3.98. The third kappa shape index (κ3) is 2.53. The van der Waals surface area contributed by atoms with Crippen molar-refractivity contribution in [2.45, 2.75) is 6.92 Å². The molecular weight excluding hydrogens is 210 g/mol. The third-order valence-electron chi connectivity index (χ3n) is 2.70. The summed E-state index contributed by atoms with van der Waals surface area (Å²) in [5.41, 5.74) is 4.39. The molecule has 0 heterocycles. The minimum atomic E-state index is 0.195. The SMILES string of the molecule is COC(=N)c1ccc(-c2cccc(C)c2)cc1. The average molecular weight is 225 g/mol. The van der Waals surface area contributed by atoms with Crippen LogP contribution in [0.4, 0.5) is 0 Å². The number of nitrogens with one attached hydrogen (secondary N) is 1. The summed E-state index contributed by atoms with van der Waals surface area (Å²) in [6, 6.07) is 16.2. The second kappa shape index (κ2) is 4.83. The van der Waals surface area contributed by atoms with Crippen molar-refractivity contribution in [1.82, 2.24) is 0 Å². The fraction of sp³-hybridized carbons (Fsp3) is 0.133. The lowest BCUT2D eigenvalue weighted by Gasteiger charge is -2.05. The molecular formula is C15H15NO. The first-order chi connectivity index (χ1) is 8.20. The van der Waals surface area contributed by atoms with Gasteiger partial charge < -0.3 is 4.74 Å². The summed E-state index contributed by atoms with van der Waals surface area (Å²) in [6.45, 7) is 2.08. The zero-order chi connectivity index (χ0) is 12.3. The average Bonchev–Trinajstić information content (AvgIpc) is 2.38. The molecule has 0 fully saturated rings. The number of benzene rings is 2. The number of aryl methyl sites for hydroxylation is 1. The molecule has 0 saturated carbocycles. The van der Waals surface area contributed by atoms with E-state index in [1.54, 1.807) is 0 Å². The normalized spacial score (nSPS) is 10.0. The lowest BCUT2D eigenvalue weighted by atomic mass is 10.0. The molecule has 0 aliphatic heterocycles. The Labute approximate surface area is 101 Å². The highest BCUT2D eigenvalue weighted by molar-refractivity contribution is 5.92. The van der Waals surface area contributed by atoms with Crippen LogP contribution < -0.4 is 0 Å². The molecule has 0 saturated heterocycles. The van der Waals surface area contributed by atoms with Gasteiger partial charge in [-0.05, 0) is 30.2 Å². The van der Waals surface area contributed by atoms with Gasteiger partial charge in [0.25, 0.3) is 0 Å². The van der Waals surface area contributed by atoms with Crippen molar-refractivity contribution in [1.29, 1.82) is 5.41 Å². The van der Waals surface area contributed by atoms with Crippen LogP contribution in [0.2, 0.25) is 0 Å². The molecule has 1 N–H and O–H groups in total. The molecule has 0 aliphatic rings. The maximum absolute atomic E-state index is 7.57. The highest BCUT2D eigenvalue weighted by Gasteiger charge is 2.02. The van der Waals surface area contributed by atoms with Crippen LogP contribution in [0.3, 0.4) is 0 Å². The van der Waals surface area contributed by atoms with E-state index in [1.165, 1.54) is 18.2 Å². The monoisotopic (exact) mass is 225 g/mol. The highest BCUT2D eigenvalue weighted by Crippen LogP contribution is 2.20. The zero-order valence-corrected chi connectivity index (χ0v) is 10.0. The van der Waals surface area contributed by atoms with Gasteiger partial charge in [0.2, 0.25) is 5.90 Å². The topological polar surface area (TPSA) is 33.1 Å². The van der Waals surface area contributed by atoms with Gasteiger partial charge >= 0.3 is 0 Å². The molecule has 2 aromatic rings. The summed E-state index contributed by atoms with van der Waals surface area (Å²) in [5.74, 6) is 0.195. The minimum Gasteiger partial charge on any atom is -0.481 e. The van der Waals surface area contributed by atoms with Gasteiger partial charge in [-0.3, -0.25) is 5.41 Å². The van der Waals surface area contributed by atoms with Crippen molar-refractivity contribution >= 4 is 5.90 Å². The molecule has 2 aromatic carbocycles. The van der Waals surface area contributed by atoms with Crippen molar-refractivity contribution in [3.8, 4) is 11.1 Å². The largest absolute Gasteiger partial charge is 0.481 e. The quantitative estimate of drug-likeness (QED) is 0.614. The van der Waals surface area contributed by atoms with Crippen LogP contribution >= 0.6 is 0 Å². The van der Waals surface area contributed by atoms with Crippen LogP contribution in [0.25, 0.3) is 11.1 Å². The molecule has 0 unspecified atom stereocenters. The van der Waals surface area contributed by atoms with Crippen LogP contribution in [-0.4, -0.2) is 13.0 Å². The first kappa shape index (κ1) is 11.4. The Hall–Kier alpha value is -2.09. The molecule has 2 heteroatoms. The summed E-state index contributed by atoms with van der Waals surface area (Å²) in [6.07, 6.45) is 0. The van der Waals surface area contributed by atoms with E-state index in [-0.39, 0.29) is 5.90 Å². The van der Waals surface area contributed by atoms with Gasteiger partial charge in [0.05, 0.1) is 7.11 Å². The van der Waals surface area contributed by atoms with Gasteiger partial charge in [-0.25, -0.2) is 0 Å². The molecule has 0 amide bonds. The van der Waals surface area contributed by atoms with Crippen molar-refractivity contribution in [2.75, 3.05) is 7.11 Å². The van der Waals surface area contributed by atoms with Crippen LogP contribution in [0.15, 0.2) is 48.5 Å². The Balaban J connectivity index is 2.32. The molecule has 0 radical (unpaired) electrons. The lowest BCUT2D eigenvalue weighted by molar-refractivity contribution is 0.401. The Morgan fingerprint density at radius 2 is 1.71 bits per heavy atom. The molecule has 0 aromatic heterocycles. The maximum Gasteiger partial charge on any atom is 0.212 e. The summed E-state index contributed by atoms with van der Waals surface area (Å²) < 4.78 is 4.88. The summed E-state index contributed by atoms with van der Waals surface area (Å²) in [4.78, 5) is 0. The van der Waals surface area contributed by atoms with E-state index < -0.39 is 0 Å². The minimum absolute atomic E-state index is 0.195. The number of hydrogen-bond donors (Lipinski definition) is 1. The molecule has 0 spiro atoms. The zero-order valence-electron chi connectivity index (χ0n) is 10.0. The smallest absolute Gasteiger partial charge is 0.212 e. The molecule has 0 bridgehead atoms. The van der Waals surface area contributed by atoms with E-state index in [0.717, 1.165) is 11.1 Å². The number of methoxy groups -OCH3 is 1. The molecule has 2 nitrogen and oxygen atoms in total. The van der Waals surface area contributed by atoms with Crippen LogP contribution in [-0.2, 0) is 4.74 Å². The van der Waals surface area contributed by atoms with Crippen LogP contribution in [0, 0.1) is 12.3 Å². The Bertz CT molecular complexity index is 529. The maximum atomic E-state index is 7.57. The van der Waals surface area contributed by atoms with Gasteiger partial charge in [-0.1, -0.05) is 42.0 Å². The van der Waals surface area contributed by atoms with Crippen LogP contribution in [0.1, 0.15) is 11.1 Å². The summed E-state index contributed by atoms with van der Waals surface area (Å²) >= 11 is 0. The number of ether oxygens (including phenoxy) is 1. The molecule has 2 rings (SSSR count).